The zero-order valence-corrected chi connectivity index (χ0v) is 21.3. The first-order chi connectivity index (χ1) is 18.2. The Morgan fingerprint density at radius 1 is 0.865 bits per heavy atom. The number of hydrogen-bond donors (Lipinski definition) is 0. The van der Waals surface area contributed by atoms with Crippen LogP contribution in [0.1, 0.15) is 24.8 Å². The Morgan fingerprint density at radius 2 is 1.54 bits per heavy atom. The first kappa shape index (κ1) is 25.0. The maximum atomic E-state index is 12.4. The number of hydrogen-bond acceptors (Lipinski definition) is 6. The fourth-order valence-electron chi connectivity index (χ4n) is 4.77. The maximum Gasteiger partial charge on any atom is 0.414 e. The summed E-state index contributed by atoms with van der Waals surface area (Å²) < 4.78 is 22.9. The Bertz CT molecular complexity index is 1130. The van der Waals surface area contributed by atoms with E-state index in [1.807, 2.05) is 66.7 Å². The van der Waals surface area contributed by atoms with Crippen molar-refractivity contribution >= 4 is 11.8 Å². The van der Waals surface area contributed by atoms with Crippen LogP contribution in [0.3, 0.4) is 0 Å². The minimum Gasteiger partial charge on any atom is -0.497 e. The van der Waals surface area contributed by atoms with Crippen molar-refractivity contribution in [2.75, 3.05) is 38.2 Å². The highest BCUT2D eigenvalue weighted by Crippen LogP contribution is 2.26. The Hall–Kier alpha value is -3.71. The van der Waals surface area contributed by atoms with Crippen LogP contribution in [-0.4, -0.2) is 56.5 Å². The topological polar surface area (TPSA) is 60.5 Å². The molecule has 2 saturated heterocycles. The second kappa shape index (κ2) is 12.0. The first-order valence-electron chi connectivity index (χ1n) is 12.9. The number of amides is 1. The van der Waals surface area contributed by atoms with Crippen LogP contribution >= 0.6 is 0 Å². The van der Waals surface area contributed by atoms with Gasteiger partial charge in [-0.25, -0.2) is 4.79 Å². The van der Waals surface area contributed by atoms with E-state index in [0.29, 0.717) is 13.2 Å². The third kappa shape index (κ3) is 6.74. The quantitative estimate of drug-likeness (QED) is 0.363. The van der Waals surface area contributed by atoms with Crippen molar-refractivity contribution in [3.8, 4) is 17.2 Å². The molecule has 1 unspecified atom stereocenters. The summed E-state index contributed by atoms with van der Waals surface area (Å²) in [5, 5.41) is 0. The fraction of sp³-hybridized carbons (Fsp3) is 0.367. The van der Waals surface area contributed by atoms with Gasteiger partial charge in [0.05, 0.1) is 13.7 Å². The summed E-state index contributed by atoms with van der Waals surface area (Å²) >= 11 is 0. The van der Waals surface area contributed by atoms with Gasteiger partial charge in [0.15, 0.2) is 0 Å². The molecule has 2 aliphatic rings. The second-order valence-corrected chi connectivity index (χ2v) is 9.51. The summed E-state index contributed by atoms with van der Waals surface area (Å²) in [7, 11) is 1.63. The number of ether oxygens (including phenoxy) is 4. The first-order valence-corrected chi connectivity index (χ1v) is 12.9. The SMILES string of the molecule is COc1ccc(N2CC(CCN3CCC(Oc4ccc(OCc5ccccc5)cc4)CC3)OC2=O)cc1. The molecular weight excluding hydrogens is 468 g/mol. The summed E-state index contributed by atoms with van der Waals surface area (Å²) in [6.45, 7) is 4.00. The number of piperidine rings is 1. The average molecular weight is 503 g/mol. The van der Waals surface area contributed by atoms with Gasteiger partial charge in [-0.3, -0.25) is 4.90 Å². The normalized spacial score (nSPS) is 18.5. The van der Waals surface area contributed by atoms with E-state index in [9.17, 15) is 4.79 Å². The molecule has 7 nitrogen and oxygen atoms in total. The molecular formula is C30H34N2O5. The molecule has 3 aromatic rings. The Balaban J connectivity index is 1.01. The van der Waals surface area contributed by atoms with Crippen LogP contribution in [0, 0.1) is 0 Å². The molecule has 1 atom stereocenters. The summed E-state index contributed by atoms with van der Waals surface area (Å²) in [4.78, 5) is 16.5. The zero-order chi connectivity index (χ0) is 25.5. The van der Waals surface area contributed by atoms with Gasteiger partial charge in [-0.15, -0.1) is 0 Å². The smallest absolute Gasteiger partial charge is 0.414 e. The van der Waals surface area contributed by atoms with E-state index >= 15 is 0 Å². The van der Waals surface area contributed by atoms with E-state index in [1.165, 1.54) is 0 Å². The largest absolute Gasteiger partial charge is 0.497 e. The summed E-state index contributed by atoms with van der Waals surface area (Å²) in [6.07, 6.45) is 2.63. The van der Waals surface area contributed by atoms with E-state index in [-0.39, 0.29) is 18.3 Å². The van der Waals surface area contributed by atoms with Gasteiger partial charge < -0.3 is 23.8 Å². The molecule has 194 valence electrons. The van der Waals surface area contributed by atoms with Crippen LogP contribution in [0.15, 0.2) is 78.9 Å². The van der Waals surface area contributed by atoms with Gasteiger partial charge in [0.25, 0.3) is 0 Å². The van der Waals surface area contributed by atoms with Crippen LogP contribution < -0.4 is 19.1 Å². The van der Waals surface area contributed by atoms with Crippen molar-refractivity contribution in [2.24, 2.45) is 0 Å². The fourth-order valence-corrected chi connectivity index (χ4v) is 4.77. The molecule has 0 saturated carbocycles. The molecule has 2 fully saturated rings. The molecule has 0 radical (unpaired) electrons. The number of nitrogens with zero attached hydrogens (tertiary/aromatic N) is 2. The van der Waals surface area contributed by atoms with E-state index in [1.54, 1.807) is 12.0 Å². The third-order valence-electron chi connectivity index (χ3n) is 6.93. The van der Waals surface area contributed by atoms with Gasteiger partial charge in [-0.2, -0.15) is 0 Å². The summed E-state index contributed by atoms with van der Waals surface area (Å²) in [5.74, 6) is 2.48. The van der Waals surface area contributed by atoms with Gasteiger partial charge in [-0.1, -0.05) is 30.3 Å². The predicted octanol–water partition coefficient (Wildman–Crippen LogP) is 5.53. The predicted molar refractivity (Wildman–Crippen MR) is 143 cm³/mol. The van der Waals surface area contributed by atoms with Crippen LogP contribution in [0.5, 0.6) is 17.2 Å². The molecule has 2 aliphatic heterocycles. The molecule has 5 rings (SSSR count). The molecule has 7 heteroatoms. The van der Waals surface area contributed by atoms with Crippen LogP contribution in [0.2, 0.25) is 0 Å². The molecule has 0 spiro atoms. The standard InChI is InChI=1S/C30H34N2O5/c1-34-25-9-7-24(8-10-25)32-21-29(37-30(32)33)17-20-31-18-15-28(16-19-31)36-27-13-11-26(12-14-27)35-22-23-5-3-2-4-6-23/h2-14,28-29H,15-22H2,1H3. The highest BCUT2D eigenvalue weighted by Gasteiger charge is 2.32. The molecule has 1 amide bonds. The van der Waals surface area contributed by atoms with Gasteiger partial charge in [0, 0.05) is 25.3 Å². The lowest BCUT2D eigenvalue weighted by molar-refractivity contribution is 0.0860. The molecule has 0 aromatic heterocycles. The Labute approximate surface area is 218 Å². The van der Waals surface area contributed by atoms with Crippen LogP contribution in [-0.2, 0) is 11.3 Å². The highest BCUT2D eigenvalue weighted by molar-refractivity contribution is 5.89. The molecule has 2 heterocycles. The van der Waals surface area contributed by atoms with Gasteiger partial charge in [-0.05, 0) is 73.4 Å². The number of benzene rings is 3. The molecule has 37 heavy (non-hydrogen) atoms. The third-order valence-corrected chi connectivity index (χ3v) is 6.93. The molecule has 0 bridgehead atoms. The summed E-state index contributed by atoms with van der Waals surface area (Å²) in [5.41, 5.74) is 1.98. The number of carbonyl (C=O) groups is 1. The van der Waals surface area contributed by atoms with Crippen molar-refractivity contribution in [1.82, 2.24) is 4.90 Å². The number of methoxy groups -OCH3 is 1. The monoisotopic (exact) mass is 502 g/mol. The van der Waals surface area contributed by atoms with Crippen LogP contribution in [0.25, 0.3) is 0 Å². The van der Waals surface area contributed by atoms with E-state index in [0.717, 1.165) is 67.4 Å². The van der Waals surface area contributed by atoms with Crippen molar-refractivity contribution < 1.29 is 23.7 Å². The second-order valence-electron chi connectivity index (χ2n) is 9.51. The van der Waals surface area contributed by atoms with E-state index < -0.39 is 0 Å². The Morgan fingerprint density at radius 3 is 2.24 bits per heavy atom. The van der Waals surface area contributed by atoms with Crippen molar-refractivity contribution in [2.45, 2.75) is 38.1 Å². The molecule has 0 N–H and O–H groups in total. The van der Waals surface area contributed by atoms with Gasteiger partial charge in [0.1, 0.15) is 36.1 Å². The molecule has 3 aromatic carbocycles. The lowest BCUT2D eigenvalue weighted by Crippen LogP contribution is -2.39. The minimum absolute atomic E-state index is 0.0915. The molecule has 0 aliphatic carbocycles. The van der Waals surface area contributed by atoms with E-state index in [4.69, 9.17) is 18.9 Å². The lowest BCUT2D eigenvalue weighted by atomic mass is 10.1. The average Bonchev–Trinajstić information content (AvgIpc) is 3.33. The van der Waals surface area contributed by atoms with Gasteiger partial charge >= 0.3 is 6.09 Å². The number of likely N-dealkylation sites (tertiary alicyclic amines) is 1. The van der Waals surface area contributed by atoms with Crippen molar-refractivity contribution in [3.05, 3.63) is 84.4 Å². The highest BCUT2D eigenvalue weighted by atomic mass is 16.6. The van der Waals surface area contributed by atoms with Gasteiger partial charge in [0.2, 0.25) is 0 Å². The van der Waals surface area contributed by atoms with E-state index in [2.05, 4.69) is 17.0 Å². The summed E-state index contributed by atoms with van der Waals surface area (Å²) in [6, 6.07) is 25.5. The van der Waals surface area contributed by atoms with Crippen molar-refractivity contribution in [1.29, 1.82) is 0 Å². The number of anilines is 1. The maximum absolute atomic E-state index is 12.4. The van der Waals surface area contributed by atoms with Crippen molar-refractivity contribution in [3.63, 3.8) is 0 Å². The number of cyclic esters (lactones) is 1. The Kier molecular flexibility index (Phi) is 8.11. The number of carbonyl (C=O) groups excluding carboxylic acids is 1. The zero-order valence-electron chi connectivity index (χ0n) is 21.3. The van der Waals surface area contributed by atoms with Crippen LogP contribution in [0.4, 0.5) is 10.5 Å². The minimum atomic E-state index is -0.279. The number of rotatable bonds is 10. The lowest BCUT2D eigenvalue weighted by Gasteiger charge is -2.32.